The average Bonchev–Trinajstić information content (AvgIpc) is 3.50. The fourth-order valence-corrected chi connectivity index (χ4v) is 12.0. The van der Waals surface area contributed by atoms with Gasteiger partial charge in [0.05, 0.1) is 5.69 Å². The number of hydrogen-bond donors (Lipinski definition) is 0. The summed E-state index contributed by atoms with van der Waals surface area (Å²) in [6.07, 6.45) is 7.09. The van der Waals surface area contributed by atoms with Crippen LogP contribution in [0.3, 0.4) is 0 Å². The van der Waals surface area contributed by atoms with Crippen LogP contribution in [-0.4, -0.2) is 0 Å². The van der Waals surface area contributed by atoms with E-state index in [1.54, 1.807) is 11.1 Å². The summed E-state index contributed by atoms with van der Waals surface area (Å²) in [7, 11) is 0. The molecule has 4 saturated carbocycles. The smallest absolute Gasteiger partial charge is 0.105 e. The molecule has 0 N–H and O–H groups in total. The van der Waals surface area contributed by atoms with Gasteiger partial charge in [-0.1, -0.05) is 127 Å². The van der Waals surface area contributed by atoms with Crippen LogP contribution in [0.4, 0.5) is 17.1 Å². The molecule has 0 saturated heterocycles. The lowest BCUT2D eigenvalue weighted by atomic mass is 9.43. The Hall–Kier alpha value is -5.84. The normalized spacial score (nSPS) is 23.4. The van der Waals surface area contributed by atoms with Gasteiger partial charge in [0.25, 0.3) is 0 Å². The standard InChI is InChI=1S/C52H39N/c1-4-14-43-36(10-1)12-9-19-50(43)53(51-32-38-11-2-3-13-42(38)44-15-5-6-17-47(44)51)41-23-20-35(21-24-41)37-22-25-46-45-16-7-8-18-48(45)52(49(46)31-37)39-27-33-26-34(29-39)30-40(52)28-33/h1-8,10-18,20-25,31-34,39-40H,26-30H2. The molecule has 0 heterocycles. The quantitative estimate of drug-likeness (QED) is 0.168. The molecule has 5 aliphatic carbocycles. The molecule has 8 aromatic rings. The van der Waals surface area contributed by atoms with Crippen LogP contribution in [0, 0.1) is 35.8 Å². The number of anilines is 3. The third kappa shape index (κ3) is 4.16. The van der Waals surface area contributed by atoms with Crippen LogP contribution >= 0.6 is 0 Å². The van der Waals surface area contributed by atoms with Crippen molar-refractivity contribution in [2.45, 2.75) is 37.5 Å². The minimum atomic E-state index is 0.171. The minimum Gasteiger partial charge on any atom is -0.302 e. The highest BCUT2D eigenvalue weighted by Gasteiger charge is 2.61. The van der Waals surface area contributed by atoms with Crippen LogP contribution in [0.1, 0.15) is 43.2 Å². The van der Waals surface area contributed by atoms with E-state index in [0.29, 0.717) is 0 Å². The van der Waals surface area contributed by atoms with Gasteiger partial charge in [0.15, 0.2) is 0 Å². The monoisotopic (exact) mass is 677 g/mol. The minimum absolute atomic E-state index is 0.171. The Kier molecular flexibility index (Phi) is 6.21. The van der Waals surface area contributed by atoms with Crippen molar-refractivity contribution >= 4 is 49.4 Å². The van der Waals surface area contributed by atoms with Crippen LogP contribution < -0.4 is 4.90 Å². The summed E-state index contributed by atoms with van der Waals surface area (Å²) in [5, 5.41) is 7.29. The summed E-state index contributed by atoms with van der Waals surface area (Å²) in [5.74, 6) is 3.40. The van der Waals surface area contributed by atoms with Crippen LogP contribution in [0.2, 0.25) is 0 Å². The maximum absolute atomic E-state index is 3.56. The molecular formula is C52H39N. The summed E-state index contributed by atoms with van der Waals surface area (Å²) >= 11 is 0. The van der Waals surface area contributed by atoms with E-state index in [-0.39, 0.29) is 5.41 Å². The fourth-order valence-electron chi connectivity index (χ4n) is 12.0. The maximum atomic E-state index is 3.56. The van der Waals surface area contributed by atoms with Crippen molar-refractivity contribution in [1.29, 1.82) is 0 Å². The van der Waals surface area contributed by atoms with Gasteiger partial charge in [-0.3, -0.25) is 0 Å². The molecule has 13 rings (SSSR count). The Balaban J connectivity index is 1.02. The van der Waals surface area contributed by atoms with Gasteiger partial charge >= 0.3 is 0 Å². The SMILES string of the molecule is c1cc2ccccc2c(N(c2ccc(-c3ccc4c(c3)C3(c5ccccc5-4)C4CC5CC(C4)CC3C5)cc2)c2cc3ccccc3c3ccccc23)c#1. The lowest BCUT2D eigenvalue weighted by Crippen LogP contribution is -2.55. The second-order valence-electron chi connectivity index (χ2n) is 16.4. The highest BCUT2D eigenvalue weighted by molar-refractivity contribution is 6.15. The number of fused-ring (bicyclic) bond motifs is 7. The number of benzene rings is 7. The van der Waals surface area contributed by atoms with Gasteiger partial charge in [0.2, 0.25) is 0 Å². The average molecular weight is 678 g/mol. The Morgan fingerprint density at radius 2 is 1.11 bits per heavy atom. The lowest BCUT2D eigenvalue weighted by molar-refractivity contribution is -0.0399. The van der Waals surface area contributed by atoms with E-state index in [1.165, 1.54) is 75.9 Å². The molecular weight excluding hydrogens is 639 g/mol. The van der Waals surface area contributed by atoms with Crippen LogP contribution in [-0.2, 0) is 5.41 Å². The van der Waals surface area contributed by atoms with E-state index < -0.39 is 0 Å². The van der Waals surface area contributed by atoms with Crippen molar-refractivity contribution in [1.82, 2.24) is 0 Å². The van der Waals surface area contributed by atoms with Crippen molar-refractivity contribution in [3.63, 3.8) is 0 Å². The van der Waals surface area contributed by atoms with E-state index >= 15 is 0 Å². The Morgan fingerprint density at radius 1 is 0.491 bits per heavy atom. The molecule has 53 heavy (non-hydrogen) atoms. The van der Waals surface area contributed by atoms with Crippen LogP contribution in [0.5, 0.6) is 0 Å². The van der Waals surface area contributed by atoms with Crippen LogP contribution in [0.15, 0.2) is 152 Å². The third-order valence-electron chi connectivity index (χ3n) is 13.9. The van der Waals surface area contributed by atoms with Gasteiger partial charge in [-0.15, -0.1) is 0 Å². The van der Waals surface area contributed by atoms with E-state index in [9.17, 15) is 0 Å². The first-order valence-electron chi connectivity index (χ1n) is 19.6. The molecule has 0 radical (unpaired) electrons. The third-order valence-corrected chi connectivity index (χ3v) is 13.9. The van der Waals surface area contributed by atoms with Crippen molar-refractivity contribution in [2.24, 2.45) is 23.7 Å². The zero-order valence-corrected chi connectivity index (χ0v) is 29.7. The molecule has 4 fully saturated rings. The maximum Gasteiger partial charge on any atom is 0.105 e. The summed E-state index contributed by atoms with van der Waals surface area (Å²) in [6, 6.07) is 63.7. The van der Waals surface area contributed by atoms with Gasteiger partial charge < -0.3 is 4.90 Å². The zero-order chi connectivity index (χ0) is 34.7. The first kappa shape index (κ1) is 29.7. The Labute approximate surface area is 311 Å². The van der Waals surface area contributed by atoms with Crippen molar-refractivity contribution in [3.05, 3.63) is 175 Å². The second kappa shape index (κ2) is 11.1. The molecule has 4 bridgehead atoms. The predicted molar refractivity (Wildman–Crippen MR) is 220 cm³/mol. The van der Waals surface area contributed by atoms with Gasteiger partial charge in [0.1, 0.15) is 5.69 Å². The summed E-state index contributed by atoms with van der Waals surface area (Å²) in [5.41, 5.74) is 12.2. The molecule has 1 heteroatoms. The zero-order valence-electron chi connectivity index (χ0n) is 29.7. The van der Waals surface area contributed by atoms with Gasteiger partial charge in [-0.2, -0.15) is 0 Å². The van der Waals surface area contributed by atoms with E-state index in [1.807, 2.05) is 6.07 Å². The fraction of sp³-hybridized carbons (Fsp3) is 0.192. The summed E-state index contributed by atoms with van der Waals surface area (Å²) < 4.78 is 0. The first-order chi connectivity index (χ1) is 26.2. The van der Waals surface area contributed by atoms with Crippen molar-refractivity contribution in [3.8, 4) is 22.3 Å². The topological polar surface area (TPSA) is 3.24 Å². The molecule has 0 aliphatic heterocycles. The van der Waals surface area contributed by atoms with Gasteiger partial charge in [-0.05, 0) is 147 Å². The first-order valence-corrected chi connectivity index (χ1v) is 19.6. The summed E-state index contributed by atoms with van der Waals surface area (Å²) in [6.45, 7) is 0. The Bertz CT molecular complexity index is 2720. The molecule has 0 atom stereocenters. The van der Waals surface area contributed by atoms with E-state index in [4.69, 9.17) is 0 Å². The predicted octanol–water partition coefficient (Wildman–Crippen LogP) is 13.6. The van der Waals surface area contributed by atoms with Gasteiger partial charge in [-0.25, -0.2) is 0 Å². The Morgan fingerprint density at radius 3 is 1.91 bits per heavy atom. The molecule has 8 aromatic carbocycles. The molecule has 252 valence electrons. The van der Waals surface area contributed by atoms with Gasteiger partial charge in [0, 0.05) is 21.9 Å². The molecule has 0 aromatic heterocycles. The molecule has 1 spiro atoms. The van der Waals surface area contributed by atoms with E-state index in [2.05, 4.69) is 163 Å². The van der Waals surface area contributed by atoms with E-state index in [0.717, 1.165) is 51.5 Å². The molecule has 5 aliphatic rings. The van der Waals surface area contributed by atoms with Crippen molar-refractivity contribution < 1.29 is 0 Å². The second-order valence-corrected chi connectivity index (χ2v) is 16.4. The molecule has 0 amide bonds. The summed E-state index contributed by atoms with van der Waals surface area (Å²) in [4.78, 5) is 2.40. The highest BCUT2D eigenvalue weighted by atomic mass is 15.1. The largest absolute Gasteiger partial charge is 0.302 e. The molecule has 0 unspecified atom stereocenters. The number of nitrogens with zero attached hydrogens (tertiary/aromatic N) is 1. The number of rotatable bonds is 4. The van der Waals surface area contributed by atoms with Crippen molar-refractivity contribution in [2.75, 3.05) is 4.90 Å². The molecule has 1 nitrogen and oxygen atoms in total. The highest BCUT2D eigenvalue weighted by Crippen LogP contribution is 2.69. The number of hydrogen-bond acceptors (Lipinski definition) is 1. The van der Waals surface area contributed by atoms with Crippen LogP contribution in [0.25, 0.3) is 54.6 Å². The lowest BCUT2D eigenvalue weighted by Gasteiger charge is -2.61.